The highest BCUT2D eigenvalue weighted by molar-refractivity contribution is 5.93. The average Bonchev–Trinajstić information content (AvgIpc) is 1.67. The van der Waals surface area contributed by atoms with Crippen LogP contribution in [0.25, 0.3) is 0 Å². The van der Waals surface area contributed by atoms with Crippen LogP contribution in [-0.2, 0) is 9.59 Å². The number of carbonyl (C=O) groups is 1. The molecule has 0 heterocycles. The molecule has 0 fully saturated rings. The van der Waals surface area contributed by atoms with Gasteiger partial charge in [-0.3, -0.25) is 4.79 Å². The lowest BCUT2D eigenvalue weighted by Crippen LogP contribution is -1.93. The molecule has 0 aromatic rings. The zero-order valence-electron chi connectivity index (χ0n) is 3.92. The van der Waals surface area contributed by atoms with E-state index in [4.69, 9.17) is 5.11 Å². The fourth-order valence-corrected chi connectivity index (χ4v) is 0.106. The molecule has 4 heteroatoms. The lowest BCUT2D eigenvalue weighted by atomic mass is 10.5. The zero-order chi connectivity index (χ0) is 6.57. The van der Waals surface area contributed by atoms with Gasteiger partial charge >= 0.3 is 5.91 Å². The number of nitrogens with zero attached hydrogens (tertiary/aromatic N) is 1. The second-order valence-corrected chi connectivity index (χ2v) is 0.955. The van der Waals surface area contributed by atoms with Crippen LogP contribution in [0, 0.1) is 0 Å². The van der Waals surface area contributed by atoms with Gasteiger partial charge in [-0.05, 0) is 0 Å². The maximum Gasteiger partial charge on any atom is 0.321 e. The first-order chi connectivity index (χ1) is 3.68. The van der Waals surface area contributed by atoms with Crippen LogP contribution in [0.4, 0.5) is 0 Å². The van der Waals surface area contributed by atoms with E-state index in [0.29, 0.717) is 0 Å². The Labute approximate surface area is 45.2 Å². The molecule has 1 amide bonds. The van der Waals surface area contributed by atoms with Crippen molar-refractivity contribution in [3.63, 3.8) is 0 Å². The molecule has 0 aromatic carbocycles. The molecule has 0 rings (SSSR count). The molecule has 0 atom stereocenters. The topological polar surface area (TPSA) is 66.7 Å². The molecule has 1 N–H and O–H groups in total. The predicted octanol–water partition coefficient (Wildman–Crippen LogP) is -0.0795. The summed E-state index contributed by atoms with van der Waals surface area (Å²) in [6.45, 7) is 2.81. The predicted molar refractivity (Wildman–Crippen MR) is 24.9 cm³/mol. The molecular weight excluding hydrogens is 110 g/mol. The quantitative estimate of drug-likeness (QED) is 0.224. The fourth-order valence-electron chi connectivity index (χ4n) is 0.106. The molecule has 0 saturated carbocycles. The minimum Gasteiger partial charge on any atom is -0.503 e. The summed E-state index contributed by atoms with van der Waals surface area (Å²) in [5, 5.41) is 8.14. The monoisotopic (exact) mass is 113 g/mol. The summed E-state index contributed by atoms with van der Waals surface area (Å²) >= 11 is 0. The van der Waals surface area contributed by atoms with Gasteiger partial charge in [0.2, 0.25) is 6.08 Å². The van der Waals surface area contributed by atoms with E-state index in [1.54, 1.807) is 0 Å². The van der Waals surface area contributed by atoms with E-state index in [1.807, 2.05) is 0 Å². The molecule has 0 aliphatic rings. The molecule has 0 radical (unpaired) electrons. The second-order valence-electron chi connectivity index (χ2n) is 0.955. The lowest BCUT2D eigenvalue weighted by molar-refractivity contribution is -0.116. The molecular formula is C4H3NO3. The van der Waals surface area contributed by atoms with E-state index in [9.17, 15) is 9.59 Å². The molecule has 4 nitrogen and oxygen atoms in total. The first-order valence-electron chi connectivity index (χ1n) is 1.68. The Morgan fingerprint density at radius 2 is 2.25 bits per heavy atom. The third-order valence-corrected chi connectivity index (χ3v) is 0.394. The third kappa shape index (κ3) is 1.89. The number of aliphatic hydroxyl groups is 1. The molecule has 0 spiro atoms. The number of rotatable bonds is 1. The summed E-state index contributed by atoms with van der Waals surface area (Å²) in [6.07, 6.45) is 0.953. The van der Waals surface area contributed by atoms with Crippen molar-refractivity contribution in [1.29, 1.82) is 0 Å². The molecule has 0 aliphatic heterocycles. The minimum atomic E-state index is -1.06. The summed E-state index contributed by atoms with van der Waals surface area (Å²) in [6, 6.07) is 0. The normalized spacial score (nSPS) is 7.00. The van der Waals surface area contributed by atoms with Crippen LogP contribution in [-0.4, -0.2) is 17.1 Å². The molecule has 0 aliphatic carbocycles. The van der Waals surface area contributed by atoms with E-state index >= 15 is 0 Å². The molecule has 0 bridgehead atoms. The van der Waals surface area contributed by atoms with E-state index in [0.717, 1.165) is 6.08 Å². The Bertz CT molecular complexity index is 162. The fraction of sp³-hybridized carbons (Fsp3) is 0. The Balaban J connectivity index is 4.05. The van der Waals surface area contributed by atoms with Gasteiger partial charge in [0, 0.05) is 0 Å². The molecule has 0 saturated heterocycles. The van der Waals surface area contributed by atoms with Crippen molar-refractivity contribution < 1.29 is 14.7 Å². The highest BCUT2D eigenvalue weighted by Crippen LogP contribution is 1.83. The summed E-state index contributed by atoms with van der Waals surface area (Å²) < 4.78 is 0. The van der Waals surface area contributed by atoms with Gasteiger partial charge in [-0.1, -0.05) is 6.58 Å². The summed E-state index contributed by atoms with van der Waals surface area (Å²) in [4.78, 5) is 21.7. The van der Waals surface area contributed by atoms with Gasteiger partial charge in [0.05, 0.1) is 0 Å². The van der Waals surface area contributed by atoms with Crippen molar-refractivity contribution in [2.75, 3.05) is 0 Å². The first kappa shape index (κ1) is 6.59. The van der Waals surface area contributed by atoms with Crippen LogP contribution in [0.3, 0.4) is 0 Å². The Morgan fingerprint density at radius 1 is 1.75 bits per heavy atom. The molecule has 42 valence electrons. The van der Waals surface area contributed by atoms with Crippen molar-refractivity contribution in [3.05, 3.63) is 12.3 Å². The zero-order valence-corrected chi connectivity index (χ0v) is 3.92. The number of amides is 1. The number of aliphatic hydroxyl groups excluding tert-OH is 1. The van der Waals surface area contributed by atoms with Gasteiger partial charge in [-0.15, -0.1) is 4.99 Å². The number of hydrogen-bond donors (Lipinski definition) is 1. The second kappa shape index (κ2) is 2.71. The summed E-state index contributed by atoms with van der Waals surface area (Å²) in [5.74, 6) is -1.81. The van der Waals surface area contributed by atoms with Gasteiger partial charge in [0.1, 0.15) is 0 Å². The highest BCUT2D eigenvalue weighted by Gasteiger charge is 1.98. The van der Waals surface area contributed by atoms with Gasteiger partial charge in [0.15, 0.2) is 5.76 Å². The van der Waals surface area contributed by atoms with E-state index in [2.05, 4.69) is 11.6 Å². The Hall–Kier alpha value is -1.41. The van der Waals surface area contributed by atoms with Gasteiger partial charge in [0.25, 0.3) is 0 Å². The van der Waals surface area contributed by atoms with Crippen molar-refractivity contribution in [1.82, 2.24) is 0 Å². The first-order valence-corrected chi connectivity index (χ1v) is 1.68. The number of hydrogen-bond acceptors (Lipinski definition) is 3. The van der Waals surface area contributed by atoms with E-state index < -0.39 is 11.7 Å². The minimum absolute atomic E-state index is 0.756. The lowest BCUT2D eigenvalue weighted by Gasteiger charge is -1.80. The van der Waals surface area contributed by atoms with Crippen LogP contribution < -0.4 is 0 Å². The molecule has 8 heavy (non-hydrogen) atoms. The number of isocyanates is 1. The maximum atomic E-state index is 9.96. The molecule has 0 aromatic heterocycles. The van der Waals surface area contributed by atoms with Crippen LogP contribution in [0.15, 0.2) is 17.3 Å². The van der Waals surface area contributed by atoms with Crippen LogP contribution >= 0.6 is 0 Å². The summed E-state index contributed by atoms with van der Waals surface area (Å²) in [7, 11) is 0. The van der Waals surface area contributed by atoms with Crippen molar-refractivity contribution in [2.24, 2.45) is 4.99 Å². The van der Waals surface area contributed by atoms with Gasteiger partial charge in [-0.25, -0.2) is 4.79 Å². The summed E-state index contributed by atoms with van der Waals surface area (Å²) in [5.41, 5.74) is 0. The molecule has 0 unspecified atom stereocenters. The van der Waals surface area contributed by atoms with Crippen LogP contribution in [0.2, 0.25) is 0 Å². The smallest absolute Gasteiger partial charge is 0.321 e. The van der Waals surface area contributed by atoms with Gasteiger partial charge in [-0.2, -0.15) is 0 Å². The van der Waals surface area contributed by atoms with Crippen molar-refractivity contribution >= 4 is 12.0 Å². The van der Waals surface area contributed by atoms with Crippen molar-refractivity contribution in [2.45, 2.75) is 0 Å². The largest absolute Gasteiger partial charge is 0.503 e. The maximum absolute atomic E-state index is 9.96. The van der Waals surface area contributed by atoms with E-state index in [-0.39, 0.29) is 0 Å². The average molecular weight is 113 g/mol. The Kier molecular flexibility index (Phi) is 2.23. The number of aliphatic imine (C=N–C) groups is 1. The van der Waals surface area contributed by atoms with Crippen LogP contribution in [0.1, 0.15) is 0 Å². The number of carbonyl (C=O) groups excluding carboxylic acids is 2. The van der Waals surface area contributed by atoms with E-state index in [1.165, 1.54) is 0 Å². The van der Waals surface area contributed by atoms with Crippen LogP contribution in [0.5, 0.6) is 0 Å². The van der Waals surface area contributed by atoms with Gasteiger partial charge < -0.3 is 5.11 Å². The standard InChI is InChI=1S/C4H3NO3/c1-3(7)4(8)5-2-6/h7H,1H2. The SMILES string of the molecule is C=C(O)C(=O)N=C=O. The highest BCUT2D eigenvalue weighted by atomic mass is 16.3. The Morgan fingerprint density at radius 3 is 2.38 bits per heavy atom. The third-order valence-electron chi connectivity index (χ3n) is 0.394. The van der Waals surface area contributed by atoms with Crippen molar-refractivity contribution in [3.8, 4) is 0 Å².